The molecule has 1 saturated heterocycles. The van der Waals surface area contributed by atoms with Crippen molar-refractivity contribution in [3.05, 3.63) is 60.2 Å². The van der Waals surface area contributed by atoms with E-state index in [0.29, 0.717) is 27.9 Å². The molecule has 0 aliphatic carbocycles. The number of nitrogens with one attached hydrogen (secondary N) is 2. The Morgan fingerprint density at radius 1 is 1.14 bits per heavy atom. The van der Waals surface area contributed by atoms with Crippen molar-refractivity contribution >= 4 is 35.3 Å². The molecular weight excluding hydrogens is 388 g/mol. The summed E-state index contributed by atoms with van der Waals surface area (Å²) in [7, 11) is 0. The zero-order chi connectivity index (χ0) is 20.3. The summed E-state index contributed by atoms with van der Waals surface area (Å²) < 4.78 is 24.7. The van der Waals surface area contributed by atoms with Gasteiger partial charge in [-0.1, -0.05) is 42.1 Å². The summed E-state index contributed by atoms with van der Waals surface area (Å²) in [5, 5.41) is 5.17. The van der Waals surface area contributed by atoms with Crippen LogP contribution in [0.5, 0.6) is 0 Å². The highest BCUT2D eigenvalue weighted by Gasteiger charge is 2.49. The Kier molecular flexibility index (Phi) is 5.64. The third-order valence-electron chi connectivity index (χ3n) is 4.29. The van der Waals surface area contributed by atoms with E-state index in [4.69, 9.17) is 0 Å². The van der Waals surface area contributed by atoms with Crippen LogP contribution in [-0.4, -0.2) is 35.0 Å². The lowest BCUT2D eigenvalue weighted by atomic mass is 9.92. The van der Waals surface area contributed by atoms with Crippen LogP contribution in [0.4, 0.5) is 19.3 Å². The number of alkyl halides is 2. The molecule has 2 aromatic rings. The SMILES string of the molecule is C[C@@]1(c2ccccc2)NC(=O)N(CC(=O)Nc2ccc(SC(F)F)cc2)C1=O. The van der Waals surface area contributed by atoms with Crippen molar-refractivity contribution in [3.8, 4) is 0 Å². The van der Waals surface area contributed by atoms with Crippen molar-refractivity contribution < 1.29 is 23.2 Å². The number of urea groups is 1. The maximum atomic E-state index is 12.8. The molecule has 2 aromatic carbocycles. The van der Waals surface area contributed by atoms with Gasteiger partial charge in [0.15, 0.2) is 0 Å². The normalized spacial score (nSPS) is 19.1. The van der Waals surface area contributed by atoms with Crippen LogP contribution >= 0.6 is 11.8 Å². The summed E-state index contributed by atoms with van der Waals surface area (Å²) in [5.41, 5.74) is -0.253. The summed E-state index contributed by atoms with van der Waals surface area (Å²) in [4.78, 5) is 38.5. The van der Waals surface area contributed by atoms with Gasteiger partial charge in [0, 0.05) is 10.6 Å². The Balaban J connectivity index is 1.65. The van der Waals surface area contributed by atoms with E-state index in [1.165, 1.54) is 24.3 Å². The fourth-order valence-electron chi connectivity index (χ4n) is 2.87. The van der Waals surface area contributed by atoms with Gasteiger partial charge in [0.25, 0.3) is 11.7 Å². The van der Waals surface area contributed by atoms with E-state index in [-0.39, 0.29) is 0 Å². The number of carbonyl (C=O) groups is 3. The van der Waals surface area contributed by atoms with Gasteiger partial charge in [0.05, 0.1) is 0 Å². The first-order valence-electron chi connectivity index (χ1n) is 8.34. The molecule has 2 N–H and O–H groups in total. The van der Waals surface area contributed by atoms with Crippen LogP contribution in [0.2, 0.25) is 0 Å². The average Bonchev–Trinajstić information content (AvgIpc) is 2.88. The summed E-state index contributed by atoms with van der Waals surface area (Å²) in [6.45, 7) is 1.13. The molecule has 0 aromatic heterocycles. The van der Waals surface area contributed by atoms with Gasteiger partial charge < -0.3 is 10.6 Å². The van der Waals surface area contributed by atoms with Crippen molar-refractivity contribution in [2.24, 2.45) is 0 Å². The lowest BCUT2D eigenvalue weighted by Gasteiger charge is -2.22. The minimum absolute atomic E-state index is 0.362. The highest BCUT2D eigenvalue weighted by atomic mass is 32.2. The lowest BCUT2D eigenvalue weighted by molar-refractivity contribution is -0.133. The van der Waals surface area contributed by atoms with E-state index in [1.54, 1.807) is 37.3 Å². The number of amides is 4. The molecule has 9 heteroatoms. The zero-order valence-electron chi connectivity index (χ0n) is 14.8. The first-order valence-corrected chi connectivity index (χ1v) is 9.22. The number of hydrogen-bond acceptors (Lipinski definition) is 4. The maximum absolute atomic E-state index is 12.8. The second-order valence-corrected chi connectivity index (χ2v) is 7.33. The Morgan fingerprint density at radius 3 is 2.39 bits per heavy atom. The van der Waals surface area contributed by atoms with Crippen LogP contribution in [0.15, 0.2) is 59.5 Å². The summed E-state index contributed by atoms with van der Waals surface area (Å²) in [5.74, 6) is -3.63. The van der Waals surface area contributed by atoms with Gasteiger partial charge in [-0.25, -0.2) is 4.79 Å². The summed E-state index contributed by atoms with van der Waals surface area (Å²) in [6, 6.07) is 13.9. The standard InChI is InChI=1S/C19H17F2N3O3S/c1-19(12-5-3-2-4-6-12)16(26)24(18(27)23-19)11-15(25)22-13-7-9-14(10-8-13)28-17(20)21/h2-10,17H,11H2,1H3,(H,22,25)(H,23,27)/t19-/m0/s1. The van der Waals surface area contributed by atoms with Crippen LogP contribution in [0, 0.1) is 0 Å². The molecule has 0 saturated carbocycles. The van der Waals surface area contributed by atoms with Crippen molar-refractivity contribution in [1.29, 1.82) is 0 Å². The molecule has 1 aliphatic rings. The van der Waals surface area contributed by atoms with Gasteiger partial charge in [-0.3, -0.25) is 14.5 Å². The number of hydrogen-bond donors (Lipinski definition) is 2. The van der Waals surface area contributed by atoms with E-state index >= 15 is 0 Å². The molecule has 0 radical (unpaired) electrons. The van der Waals surface area contributed by atoms with Crippen LogP contribution in [0.1, 0.15) is 12.5 Å². The number of anilines is 1. The molecule has 3 rings (SSSR count). The summed E-state index contributed by atoms with van der Waals surface area (Å²) >= 11 is 0.399. The Morgan fingerprint density at radius 2 is 1.79 bits per heavy atom. The quantitative estimate of drug-likeness (QED) is 0.570. The maximum Gasteiger partial charge on any atom is 0.325 e. The predicted octanol–water partition coefficient (Wildman–Crippen LogP) is 3.41. The van der Waals surface area contributed by atoms with Gasteiger partial charge in [-0.2, -0.15) is 8.78 Å². The molecule has 1 aliphatic heterocycles. The third-order valence-corrected chi connectivity index (χ3v) is 5.01. The van der Waals surface area contributed by atoms with E-state index < -0.39 is 35.7 Å². The highest BCUT2D eigenvalue weighted by Crippen LogP contribution is 2.29. The van der Waals surface area contributed by atoms with E-state index in [0.717, 1.165) is 4.90 Å². The Labute approximate surface area is 164 Å². The monoisotopic (exact) mass is 405 g/mol. The second kappa shape index (κ2) is 7.97. The van der Waals surface area contributed by atoms with Gasteiger partial charge >= 0.3 is 6.03 Å². The smallest absolute Gasteiger partial charge is 0.325 e. The van der Waals surface area contributed by atoms with Crippen molar-refractivity contribution in [1.82, 2.24) is 10.2 Å². The van der Waals surface area contributed by atoms with Crippen LogP contribution in [0.25, 0.3) is 0 Å². The number of halogens is 2. The van der Waals surface area contributed by atoms with Crippen LogP contribution in [0.3, 0.4) is 0 Å². The van der Waals surface area contributed by atoms with Gasteiger partial charge in [-0.05, 0) is 36.8 Å². The number of rotatable bonds is 6. The lowest BCUT2D eigenvalue weighted by Crippen LogP contribution is -2.42. The molecule has 28 heavy (non-hydrogen) atoms. The van der Waals surface area contributed by atoms with Gasteiger partial charge in [0.1, 0.15) is 12.1 Å². The fraction of sp³-hybridized carbons (Fsp3) is 0.211. The highest BCUT2D eigenvalue weighted by molar-refractivity contribution is 7.99. The molecule has 6 nitrogen and oxygen atoms in total. The van der Waals surface area contributed by atoms with E-state index in [9.17, 15) is 23.2 Å². The Hall–Kier alpha value is -2.94. The first kappa shape index (κ1) is 19.8. The molecule has 1 fully saturated rings. The molecular formula is C19H17F2N3O3S. The molecule has 0 bridgehead atoms. The number of carbonyl (C=O) groups excluding carboxylic acids is 3. The van der Waals surface area contributed by atoms with Crippen molar-refractivity contribution in [2.75, 3.05) is 11.9 Å². The minimum atomic E-state index is -2.53. The first-order chi connectivity index (χ1) is 13.3. The number of nitrogens with zero attached hydrogens (tertiary/aromatic N) is 1. The number of thioether (sulfide) groups is 1. The topological polar surface area (TPSA) is 78.5 Å². The fourth-order valence-corrected chi connectivity index (χ4v) is 3.37. The van der Waals surface area contributed by atoms with Gasteiger partial charge in [0.2, 0.25) is 5.91 Å². The van der Waals surface area contributed by atoms with Crippen molar-refractivity contribution in [3.63, 3.8) is 0 Å². The molecule has 1 atom stereocenters. The average molecular weight is 405 g/mol. The van der Waals surface area contributed by atoms with Crippen LogP contribution < -0.4 is 10.6 Å². The third kappa shape index (κ3) is 4.14. The molecule has 1 heterocycles. The number of imide groups is 1. The molecule has 146 valence electrons. The molecule has 0 spiro atoms. The second-order valence-electron chi connectivity index (χ2n) is 6.26. The zero-order valence-corrected chi connectivity index (χ0v) is 15.6. The van der Waals surface area contributed by atoms with Crippen molar-refractivity contribution in [2.45, 2.75) is 23.1 Å². The molecule has 4 amide bonds. The van der Waals surface area contributed by atoms with E-state index in [2.05, 4.69) is 10.6 Å². The largest absolute Gasteiger partial charge is 0.325 e. The Bertz CT molecular complexity index is 893. The van der Waals surface area contributed by atoms with Crippen LogP contribution in [-0.2, 0) is 15.1 Å². The number of benzene rings is 2. The minimum Gasteiger partial charge on any atom is -0.325 e. The predicted molar refractivity (Wildman–Crippen MR) is 101 cm³/mol. The summed E-state index contributed by atoms with van der Waals surface area (Å²) in [6.07, 6.45) is 0. The molecule has 0 unspecified atom stereocenters. The van der Waals surface area contributed by atoms with E-state index in [1.807, 2.05) is 0 Å². The van der Waals surface area contributed by atoms with Gasteiger partial charge in [-0.15, -0.1) is 0 Å².